The minimum absolute atomic E-state index is 0. The Kier molecular flexibility index (Phi) is 7.71. The zero-order valence-electron chi connectivity index (χ0n) is 16.1. The lowest BCUT2D eigenvalue weighted by molar-refractivity contribution is 0.0743. The van der Waals surface area contributed by atoms with Gasteiger partial charge in [-0.3, -0.25) is 10.2 Å². The van der Waals surface area contributed by atoms with Crippen LogP contribution < -0.4 is 5.43 Å². The Labute approximate surface area is 200 Å². The van der Waals surface area contributed by atoms with Crippen LogP contribution in [0.1, 0.15) is 35.3 Å². The maximum absolute atomic E-state index is 13.0. The molecule has 0 atom stereocenters. The highest BCUT2D eigenvalue weighted by molar-refractivity contribution is 7.19. The molecular weight excluding hydrogens is 486 g/mol. The minimum atomic E-state index is -0.225. The first kappa shape index (κ1) is 23.4. The van der Waals surface area contributed by atoms with E-state index in [2.05, 4.69) is 10.5 Å². The van der Waals surface area contributed by atoms with Gasteiger partial charge in [0.1, 0.15) is 0 Å². The van der Waals surface area contributed by atoms with Crippen LogP contribution in [0.4, 0.5) is 0 Å². The second kappa shape index (κ2) is 9.90. The molecule has 1 fully saturated rings. The maximum Gasteiger partial charge on any atom is 0.286 e. The first-order valence-electron chi connectivity index (χ1n) is 9.30. The molecule has 2 aromatic heterocycles. The van der Waals surface area contributed by atoms with Gasteiger partial charge in [0.15, 0.2) is 5.69 Å². The Morgan fingerprint density at radius 3 is 2.47 bits per heavy atom. The topological polar surface area (TPSA) is 50.2 Å². The fourth-order valence-electron chi connectivity index (χ4n) is 3.47. The second-order valence-electron chi connectivity index (χ2n) is 6.92. The van der Waals surface area contributed by atoms with Crippen LogP contribution >= 0.6 is 58.5 Å². The normalized spacial score (nSPS) is 14.4. The van der Waals surface area contributed by atoms with E-state index in [4.69, 9.17) is 34.8 Å². The van der Waals surface area contributed by atoms with Gasteiger partial charge < -0.3 is 0 Å². The smallest absolute Gasteiger partial charge is 0.283 e. The standard InChI is InChI=1S/C20H19Cl3N4OS.ClH/c1-12-18(20(28)25-26-9-3-2-4-10-26)24-27(15-6-5-13(21)11-14(15)22)19(12)16-7-8-17(23)29-16;/h5-8,11H,2-4,9-10H2,1H3,(H,25,28);1H. The van der Waals surface area contributed by atoms with E-state index >= 15 is 0 Å². The van der Waals surface area contributed by atoms with Gasteiger partial charge in [-0.05, 0) is 50.1 Å². The summed E-state index contributed by atoms with van der Waals surface area (Å²) < 4.78 is 2.36. The summed E-state index contributed by atoms with van der Waals surface area (Å²) in [5.74, 6) is -0.225. The van der Waals surface area contributed by atoms with Crippen molar-refractivity contribution in [2.75, 3.05) is 13.1 Å². The van der Waals surface area contributed by atoms with Crippen molar-refractivity contribution in [2.45, 2.75) is 26.2 Å². The first-order valence-corrected chi connectivity index (χ1v) is 11.3. The minimum Gasteiger partial charge on any atom is -0.283 e. The van der Waals surface area contributed by atoms with Gasteiger partial charge in [0.25, 0.3) is 5.91 Å². The van der Waals surface area contributed by atoms with E-state index in [1.807, 2.05) is 24.1 Å². The van der Waals surface area contributed by atoms with Crippen molar-refractivity contribution in [1.29, 1.82) is 0 Å². The summed E-state index contributed by atoms with van der Waals surface area (Å²) in [6.45, 7) is 3.59. The lowest BCUT2D eigenvalue weighted by Gasteiger charge is -2.26. The summed E-state index contributed by atoms with van der Waals surface area (Å²) in [6, 6.07) is 8.95. The Hall–Kier alpha value is -1.28. The van der Waals surface area contributed by atoms with E-state index in [1.54, 1.807) is 22.9 Å². The predicted octanol–water partition coefficient (Wildman–Crippen LogP) is 6.42. The van der Waals surface area contributed by atoms with Crippen LogP contribution in [0.25, 0.3) is 16.3 Å². The summed E-state index contributed by atoms with van der Waals surface area (Å²) in [5, 5.41) is 7.58. The molecule has 3 heterocycles. The van der Waals surface area contributed by atoms with Gasteiger partial charge in [-0.25, -0.2) is 9.69 Å². The molecule has 0 radical (unpaired) electrons. The number of amides is 1. The van der Waals surface area contributed by atoms with Gasteiger partial charge in [-0.1, -0.05) is 41.2 Å². The molecule has 0 unspecified atom stereocenters. The molecule has 1 amide bonds. The van der Waals surface area contributed by atoms with E-state index in [0.717, 1.165) is 42.1 Å². The summed E-state index contributed by atoms with van der Waals surface area (Å²) in [6.07, 6.45) is 3.35. The van der Waals surface area contributed by atoms with Crippen LogP contribution in [-0.4, -0.2) is 33.8 Å². The van der Waals surface area contributed by atoms with E-state index in [-0.39, 0.29) is 18.3 Å². The van der Waals surface area contributed by atoms with E-state index in [1.165, 1.54) is 17.8 Å². The molecule has 0 spiro atoms. The molecule has 1 aliphatic rings. The van der Waals surface area contributed by atoms with Crippen LogP contribution in [0, 0.1) is 6.92 Å². The molecular formula is C20H20Cl4N4OS. The van der Waals surface area contributed by atoms with Crippen molar-refractivity contribution in [2.24, 2.45) is 0 Å². The third-order valence-electron chi connectivity index (χ3n) is 4.90. The highest BCUT2D eigenvalue weighted by atomic mass is 35.5. The number of carbonyl (C=O) groups is 1. The predicted molar refractivity (Wildman–Crippen MR) is 127 cm³/mol. The largest absolute Gasteiger partial charge is 0.286 e. The summed E-state index contributed by atoms with van der Waals surface area (Å²) >= 11 is 20.1. The third kappa shape index (κ3) is 4.79. The number of hydrogen-bond acceptors (Lipinski definition) is 4. The molecule has 1 N–H and O–H groups in total. The molecule has 1 aliphatic heterocycles. The number of carbonyl (C=O) groups excluding carboxylic acids is 1. The van der Waals surface area contributed by atoms with Crippen LogP contribution in [-0.2, 0) is 0 Å². The van der Waals surface area contributed by atoms with Crippen molar-refractivity contribution >= 4 is 64.5 Å². The second-order valence-corrected chi connectivity index (χ2v) is 9.48. The summed E-state index contributed by atoms with van der Waals surface area (Å²) in [4.78, 5) is 13.9. The number of nitrogens with one attached hydrogen (secondary N) is 1. The van der Waals surface area contributed by atoms with Crippen LogP contribution in [0.15, 0.2) is 30.3 Å². The van der Waals surface area contributed by atoms with Crippen molar-refractivity contribution in [1.82, 2.24) is 20.2 Å². The Balaban J connectivity index is 0.00000256. The molecule has 0 aliphatic carbocycles. The zero-order valence-corrected chi connectivity index (χ0v) is 20.0. The molecule has 30 heavy (non-hydrogen) atoms. The number of nitrogens with zero attached hydrogens (tertiary/aromatic N) is 3. The number of piperidine rings is 1. The number of benzene rings is 1. The number of aromatic nitrogens is 2. The Morgan fingerprint density at radius 1 is 1.10 bits per heavy atom. The Bertz CT molecular complexity index is 1060. The number of halogens is 4. The highest BCUT2D eigenvalue weighted by Crippen LogP contribution is 2.37. The maximum atomic E-state index is 13.0. The van der Waals surface area contributed by atoms with E-state index in [0.29, 0.717) is 25.8 Å². The van der Waals surface area contributed by atoms with Crippen LogP contribution in [0.5, 0.6) is 0 Å². The molecule has 0 saturated carbocycles. The average molecular weight is 506 g/mol. The monoisotopic (exact) mass is 504 g/mol. The van der Waals surface area contributed by atoms with Gasteiger partial charge in [0, 0.05) is 23.7 Å². The van der Waals surface area contributed by atoms with Gasteiger partial charge in [0.05, 0.1) is 25.6 Å². The number of hydrazine groups is 1. The van der Waals surface area contributed by atoms with Gasteiger partial charge in [-0.15, -0.1) is 23.7 Å². The SMILES string of the molecule is Cc1c(C(=O)NN2CCCCC2)nn(-c2ccc(Cl)cc2Cl)c1-c1ccc(Cl)s1.Cl. The zero-order chi connectivity index (χ0) is 20.5. The van der Waals surface area contributed by atoms with Crippen molar-refractivity contribution < 1.29 is 4.79 Å². The van der Waals surface area contributed by atoms with Crippen molar-refractivity contribution in [3.8, 4) is 16.3 Å². The Morgan fingerprint density at radius 2 is 1.83 bits per heavy atom. The molecule has 160 valence electrons. The summed E-state index contributed by atoms with van der Waals surface area (Å²) in [7, 11) is 0. The third-order valence-corrected chi connectivity index (χ3v) is 6.67. The van der Waals surface area contributed by atoms with Crippen molar-refractivity contribution in [3.63, 3.8) is 0 Å². The van der Waals surface area contributed by atoms with E-state index < -0.39 is 0 Å². The van der Waals surface area contributed by atoms with Crippen LogP contribution in [0.2, 0.25) is 14.4 Å². The molecule has 10 heteroatoms. The highest BCUT2D eigenvalue weighted by Gasteiger charge is 2.25. The fourth-order valence-corrected chi connectivity index (χ4v) is 5.09. The number of hydrogen-bond donors (Lipinski definition) is 1. The quantitative estimate of drug-likeness (QED) is 0.444. The molecule has 0 bridgehead atoms. The number of rotatable bonds is 4. The summed E-state index contributed by atoms with van der Waals surface area (Å²) in [5.41, 5.74) is 5.56. The lowest BCUT2D eigenvalue weighted by Crippen LogP contribution is -2.45. The molecule has 4 rings (SSSR count). The van der Waals surface area contributed by atoms with Crippen molar-refractivity contribution in [3.05, 3.63) is 56.0 Å². The van der Waals surface area contributed by atoms with E-state index in [9.17, 15) is 4.79 Å². The molecule has 5 nitrogen and oxygen atoms in total. The first-order chi connectivity index (χ1) is 13.9. The van der Waals surface area contributed by atoms with Crippen LogP contribution in [0.3, 0.4) is 0 Å². The number of thiophene rings is 1. The lowest BCUT2D eigenvalue weighted by atomic mass is 10.1. The van der Waals surface area contributed by atoms with Gasteiger partial charge >= 0.3 is 0 Å². The molecule has 1 saturated heterocycles. The molecule has 1 aromatic carbocycles. The van der Waals surface area contributed by atoms with Gasteiger partial charge in [0.2, 0.25) is 0 Å². The molecule has 3 aromatic rings. The fraction of sp³-hybridized carbons (Fsp3) is 0.300. The average Bonchev–Trinajstić information content (AvgIpc) is 3.25. The van der Waals surface area contributed by atoms with Gasteiger partial charge in [-0.2, -0.15) is 5.10 Å².